The number of aryl methyl sites for hydroxylation is 1. The lowest BCUT2D eigenvalue weighted by atomic mass is 10.1. The highest BCUT2D eigenvalue weighted by Crippen LogP contribution is 2.26. The van der Waals surface area contributed by atoms with Crippen LogP contribution in [-0.4, -0.2) is 41.2 Å². The molecule has 176 valence electrons. The summed E-state index contributed by atoms with van der Waals surface area (Å²) in [5.74, 6) is -1.43. The number of carbonyl (C=O) groups excluding carboxylic acids is 1. The number of nitrogens with one attached hydrogen (secondary N) is 1. The van der Waals surface area contributed by atoms with E-state index in [2.05, 4.69) is 5.32 Å². The first-order valence-corrected chi connectivity index (χ1v) is 11.6. The molecule has 0 fully saturated rings. The first kappa shape index (κ1) is 24.1. The zero-order chi connectivity index (χ0) is 24.5. The predicted molar refractivity (Wildman–Crippen MR) is 122 cm³/mol. The van der Waals surface area contributed by atoms with E-state index in [1.165, 1.54) is 22.5 Å². The number of nitro benzene ring substituents is 1. The number of sulfonamides is 1. The molecule has 3 aromatic rings. The Labute approximate surface area is 189 Å². The average Bonchev–Trinajstić information content (AvgIpc) is 3.06. The van der Waals surface area contributed by atoms with Crippen molar-refractivity contribution in [2.75, 3.05) is 18.4 Å². The van der Waals surface area contributed by atoms with Gasteiger partial charge >= 0.3 is 5.76 Å². The second kappa shape index (κ2) is 9.16. The number of aromatic nitrogens is 1. The summed E-state index contributed by atoms with van der Waals surface area (Å²) in [5, 5.41) is 13.6. The van der Waals surface area contributed by atoms with Crippen molar-refractivity contribution in [3.05, 3.63) is 62.1 Å². The van der Waals surface area contributed by atoms with Crippen molar-refractivity contribution < 1.29 is 22.6 Å². The molecule has 2 aromatic carbocycles. The summed E-state index contributed by atoms with van der Waals surface area (Å²) >= 11 is 0. The molecule has 0 aliphatic heterocycles. The summed E-state index contributed by atoms with van der Waals surface area (Å²) in [4.78, 5) is 35.3. The first-order valence-electron chi connectivity index (χ1n) is 10.2. The first-order chi connectivity index (χ1) is 15.5. The predicted octanol–water partition coefficient (Wildman–Crippen LogP) is 2.79. The third-order valence-corrected chi connectivity index (χ3v) is 7.45. The van der Waals surface area contributed by atoms with Gasteiger partial charge in [0.2, 0.25) is 15.9 Å². The van der Waals surface area contributed by atoms with Gasteiger partial charge in [-0.05, 0) is 43.2 Å². The van der Waals surface area contributed by atoms with E-state index in [1.54, 1.807) is 33.8 Å². The normalized spacial score (nSPS) is 11.8. The minimum atomic E-state index is -3.74. The molecule has 1 amide bonds. The van der Waals surface area contributed by atoms with Crippen molar-refractivity contribution in [3.8, 4) is 0 Å². The molecular formula is C21H24N4O7S. The quantitative estimate of drug-likeness (QED) is 0.389. The van der Waals surface area contributed by atoms with E-state index < -0.39 is 33.2 Å². The maximum absolute atomic E-state index is 12.9. The number of nitro groups is 1. The van der Waals surface area contributed by atoms with Gasteiger partial charge in [0, 0.05) is 24.8 Å². The fourth-order valence-electron chi connectivity index (χ4n) is 3.47. The number of fused-ring (bicyclic) bond motifs is 1. The zero-order valence-electron chi connectivity index (χ0n) is 18.6. The number of carbonyl (C=O) groups is 1. The topological polar surface area (TPSA) is 145 Å². The number of amides is 1. The van der Waals surface area contributed by atoms with Crippen LogP contribution in [-0.2, 0) is 21.4 Å². The average molecular weight is 477 g/mol. The van der Waals surface area contributed by atoms with Crippen molar-refractivity contribution in [1.29, 1.82) is 0 Å². The highest BCUT2D eigenvalue weighted by molar-refractivity contribution is 7.89. The molecule has 0 aliphatic rings. The van der Waals surface area contributed by atoms with E-state index in [0.29, 0.717) is 29.9 Å². The van der Waals surface area contributed by atoms with E-state index in [0.717, 1.165) is 10.6 Å². The summed E-state index contributed by atoms with van der Waals surface area (Å²) in [5.41, 5.74) is 1.64. The van der Waals surface area contributed by atoms with Crippen LogP contribution in [0.1, 0.15) is 25.0 Å². The molecule has 0 bridgehead atoms. The van der Waals surface area contributed by atoms with Crippen molar-refractivity contribution in [2.45, 2.75) is 39.1 Å². The molecule has 0 saturated carbocycles. The molecule has 11 nitrogen and oxygen atoms in total. The number of oxazole rings is 1. The van der Waals surface area contributed by atoms with Gasteiger partial charge in [-0.1, -0.05) is 13.8 Å². The van der Waals surface area contributed by atoms with E-state index in [-0.39, 0.29) is 21.7 Å². The van der Waals surface area contributed by atoms with Gasteiger partial charge in [-0.15, -0.1) is 0 Å². The van der Waals surface area contributed by atoms with Gasteiger partial charge < -0.3 is 9.73 Å². The van der Waals surface area contributed by atoms with Crippen LogP contribution < -0.4 is 11.1 Å². The summed E-state index contributed by atoms with van der Waals surface area (Å²) in [6.07, 6.45) is 0. The van der Waals surface area contributed by atoms with Crippen LogP contribution in [0.3, 0.4) is 0 Å². The lowest BCUT2D eigenvalue weighted by molar-refractivity contribution is -0.384. The van der Waals surface area contributed by atoms with Crippen LogP contribution in [0.4, 0.5) is 11.4 Å². The molecule has 0 spiro atoms. The molecule has 12 heteroatoms. The number of benzene rings is 2. The molecular weight excluding hydrogens is 452 g/mol. The van der Waals surface area contributed by atoms with Gasteiger partial charge in [0.15, 0.2) is 5.58 Å². The Balaban J connectivity index is 1.92. The Morgan fingerprint density at radius 3 is 2.45 bits per heavy atom. The molecule has 3 rings (SSSR count). The van der Waals surface area contributed by atoms with Crippen LogP contribution in [0.5, 0.6) is 0 Å². The molecule has 33 heavy (non-hydrogen) atoms. The standard InChI is InChI=1S/C21H24N4O7S/c1-5-23(6-2)33(30,31)16-9-13(3)14(4)17(11-16)22-20(26)12-24-18-8-7-15(25(28)29)10-19(18)32-21(24)27/h7-11H,5-6,12H2,1-4H3,(H,22,26). The smallest absolute Gasteiger partial charge is 0.407 e. The van der Waals surface area contributed by atoms with Gasteiger partial charge in [-0.25, -0.2) is 13.2 Å². The lowest BCUT2D eigenvalue weighted by Crippen LogP contribution is -2.31. The van der Waals surface area contributed by atoms with Crippen molar-refractivity contribution in [2.24, 2.45) is 0 Å². The van der Waals surface area contributed by atoms with Crippen molar-refractivity contribution in [1.82, 2.24) is 8.87 Å². The molecule has 0 unspecified atom stereocenters. The van der Waals surface area contributed by atoms with Gasteiger partial charge in [0.25, 0.3) is 5.69 Å². The Morgan fingerprint density at radius 2 is 1.85 bits per heavy atom. The van der Waals surface area contributed by atoms with Gasteiger partial charge in [-0.2, -0.15) is 4.31 Å². The fourth-order valence-corrected chi connectivity index (χ4v) is 5.04. The minimum absolute atomic E-state index is 0.0126. The minimum Gasteiger partial charge on any atom is -0.407 e. The highest BCUT2D eigenvalue weighted by atomic mass is 32.2. The van der Waals surface area contributed by atoms with E-state index in [9.17, 15) is 28.1 Å². The third kappa shape index (κ3) is 4.66. The summed E-state index contributed by atoms with van der Waals surface area (Å²) in [6, 6.07) is 6.60. The Bertz CT molecular complexity index is 1400. The largest absolute Gasteiger partial charge is 0.420 e. The fraction of sp³-hybridized carbons (Fsp3) is 0.333. The van der Waals surface area contributed by atoms with Crippen LogP contribution in [0.2, 0.25) is 0 Å². The van der Waals surface area contributed by atoms with Crippen molar-refractivity contribution in [3.63, 3.8) is 0 Å². The van der Waals surface area contributed by atoms with E-state index >= 15 is 0 Å². The molecule has 1 aromatic heterocycles. The monoisotopic (exact) mass is 476 g/mol. The second-order valence-corrected chi connectivity index (χ2v) is 9.35. The Hall–Kier alpha value is -3.51. The molecule has 0 atom stereocenters. The van der Waals surface area contributed by atoms with Crippen molar-refractivity contribution >= 4 is 38.4 Å². The maximum atomic E-state index is 12.9. The second-order valence-electron chi connectivity index (χ2n) is 7.41. The van der Waals surface area contributed by atoms with Crippen LogP contribution in [0.15, 0.2) is 44.4 Å². The summed E-state index contributed by atoms with van der Waals surface area (Å²) in [7, 11) is -3.74. The van der Waals surface area contributed by atoms with E-state index in [1.807, 2.05) is 0 Å². The molecule has 1 heterocycles. The molecule has 0 radical (unpaired) electrons. The van der Waals surface area contributed by atoms with Gasteiger partial charge in [0.05, 0.1) is 21.4 Å². The number of rotatable bonds is 8. The van der Waals surface area contributed by atoms with Crippen LogP contribution in [0, 0.1) is 24.0 Å². The van der Waals surface area contributed by atoms with Crippen LogP contribution >= 0.6 is 0 Å². The number of non-ortho nitro benzene ring substituents is 1. The number of hydrogen-bond acceptors (Lipinski definition) is 7. The SMILES string of the molecule is CCN(CC)S(=O)(=O)c1cc(C)c(C)c(NC(=O)Cn2c(=O)oc3cc([N+](=O)[O-])ccc32)c1. The highest BCUT2D eigenvalue weighted by Gasteiger charge is 2.24. The van der Waals surface area contributed by atoms with E-state index in [4.69, 9.17) is 4.42 Å². The third-order valence-electron chi connectivity index (χ3n) is 5.42. The number of hydrogen-bond donors (Lipinski definition) is 1. The number of nitrogens with zero attached hydrogens (tertiary/aromatic N) is 3. The summed E-state index contributed by atoms with van der Waals surface area (Å²) < 4.78 is 33.3. The molecule has 1 N–H and O–H groups in total. The maximum Gasteiger partial charge on any atom is 0.420 e. The van der Waals surface area contributed by atoms with Gasteiger partial charge in [-0.3, -0.25) is 19.5 Å². The molecule has 0 saturated heterocycles. The Morgan fingerprint density at radius 1 is 1.18 bits per heavy atom. The summed E-state index contributed by atoms with van der Waals surface area (Å²) in [6.45, 7) is 7.17. The van der Waals surface area contributed by atoms with Gasteiger partial charge in [0.1, 0.15) is 6.54 Å². The molecule has 0 aliphatic carbocycles. The Kier molecular flexibility index (Phi) is 6.70. The lowest BCUT2D eigenvalue weighted by Gasteiger charge is -2.20. The zero-order valence-corrected chi connectivity index (χ0v) is 19.4. The number of anilines is 1. The van der Waals surface area contributed by atoms with Crippen LogP contribution in [0.25, 0.3) is 11.1 Å².